The van der Waals surface area contributed by atoms with Crippen LogP contribution in [0.3, 0.4) is 0 Å². The third-order valence-electron chi connectivity index (χ3n) is 4.29. The van der Waals surface area contributed by atoms with Crippen molar-refractivity contribution in [2.45, 2.75) is 6.10 Å². The maximum Gasteiger partial charge on any atom is 0.252 e. The zero-order valence-corrected chi connectivity index (χ0v) is 15.6. The number of rotatable bonds is 5. The molecule has 3 rings (SSSR count). The molecule has 1 fully saturated rings. The predicted octanol–water partition coefficient (Wildman–Crippen LogP) is 3.29. The molecule has 1 atom stereocenters. The summed E-state index contributed by atoms with van der Waals surface area (Å²) in [6.45, 7) is 3.27. The van der Waals surface area contributed by atoms with Crippen molar-refractivity contribution in [3.05, 3.63) is 63.6 Å². The van der Waals surface area contributed by atoms with Crippen LogP contribution in [0.2, 0.25) is 10.0 Å². The Labute approximate surface area is 162 Å². The quantitative estimate of drug-likeness (QED) is 0.816. The first-order chi connectivity index (χ1) is 12.5. The van der Waals surface area contributed by atoms with Gasteiger partial charge in [0.1, 0.15) is 0 Å². The third kappa shape index (κ3) is 4.68. The van der Waals surface area contributed by atoms with Gasteiger partial charge in [0.15, 0.2) is 0 Å². The average Bonchev–Trinajstić information content (AvgIpc) is 2.66. The Balaban J connectivity index is 1.57. The lowest BCUT2D eigenvalue weighted by molar-refractivity contribution is 0.0916. The van der Waals surface area contributed by atoms with Gasteiger partial charge in [-0.05, 0) is 35.9 Å². The van der Waals surface area contributed by atoms with Crippen LogP contribution in [0.15, 0.2) is 42.5 Å². The summed E-state index contributed by atoms with van der Waals surface area (Å²) in [5.41, 5.74) is 2.16. The summed E-state index contributed by atoms with van der Waals surface area (Å²) in [5.74, 6) is -0.351. The lowest BCUT2D eigenvalue weighted by Gasteiger charge is -2.29. The van der Waals surface area contributed by atoms with Gasteiger partial charge in [-0.3, -0.25) is 4.79 Å². The molecule has 1 saturated heterocycles. The molecule has 0 aliphatic carbocycles. The Bertz CT molecular complexity index is 762. The first kappa shape index (κ1) is 19.0. The highest BCUT2D eigenvalue weighted by atomic mass is 35.5. The molecule has 7 heteroatoms. The van der Waals surface area contributed by atoms with Gasteiger partial charge >= 0.3 is 0 Å². The molecule has 138 valence electrons. The maximum absolute atomic E-state index is 12.2. The largest absolute Gasteiger partial charge is 0.387 e. The maximum atomic E-state index is 12.2. The van der Waals surface area contributed by atoms with Crippen molar-refractivity contribution >= 4 is 34.8 Å². The van der Waals surface area contributed by atoms with Gasteiger partial charge in [-0.1, -0.05) is 35.3 Å². The van der Waals surface area contributed by atoms with Crippen LogP contribution in [0.4, 0.5) is 5.69 Å². The number of carbonyl (C=O) groups excluding carboxylic acids is 1. The van der Waals surface area contributed by atoms with E-state index in [1.165, 1.54) is 6.07 Å². The van der Waals surface area contributed by atoms with Gasteiger partial charge in [0, 0.05) is 30.3 Å². The number of hydrogen-bond acceptors (Lipinski definition) is 4. The van der Waals surface area contributed by atoms with Crippen molar-refractivity contribution in [3.63, 3.8) is 0 Å². The molecule has 1 aliphatic rings. The van der Waals surface area contributed by atoms with Crippen LogP contribution < -0.4 is 10.2 Å². The zero-order chi connectivity index (χ0) is 18.5. The van der Waals surface area contributed by atoms with Crippen molar-refractivity contribution < 1.29 is 14.6 Å². The van der Waals surface area contributed by atoms with Gasteiger partial charge in [0.25, 0.3) is 5.91 Å². The van der Waals surface area contributed by atoms with E-state index in [-0.39, 0.29) is 17.5 Å². The topological polar surface area (TPSA) is 61.8 Å². The monoisotopic (exact) mass is 394 g/mol. The number of amides is 1. The summed E-state index contributed by atoms with van der Waals surface area (Å²) in [4.78, 5) is 14.4. The molecule has 2 N–H and O–H groups in total. The van der Waals surface area contributed by atoms with E-state index in [4.69, 9.17) is 27.9 Å². The van der Waals surface area contributed by atoms with Crippen LogP contribution in [-0.4, -0.2) is 43.9 Å². The normalized spacial score (nSPS) is 15.6. The molecule has 1 heterocycles. The van der Waals surface area contributed by atoms with Crippen molar-refractivity contribution in [2.24, 2.45) is 0 Å². The fraction of sp³-hybridized carbons (Fsp3) is 0.316. The molecule has 1 aliphatic heterocycles. The van der Waals surface area contributed by atoms with Gasteiger partial charge in [-0.15, -0.1) is 0 Å². The standard InChI is InChI=1S/C19H20Cl2N2O3/c20-14-3-6-16(17(21)11-14)19(25)22-12-18(24)13-1-4-15(5-2-13)23-7-9-26-10-8-23/h1-6,11,18,24H,7-10,12H2,(H,22,25). The van der Waals surface area contributed by atoms with E-state index in [0.29, 0.717) is 10.6 Å². The van der Waals surface area contributed by atoms with Gasteiger partial charge < -0.3 is 20.1 Å². The Morgan fingerprint density at radius 3 is 2.50 bits per heavy atom. The number of benzene rings is 2. The summed E-state index contributed by atoms with van der Waals surface area (Å²) < 4.78 is 5.35. The molecule has 1 unspecified atom stereocenters. The summed E-state index contributed by atoms with van der Waals surface area (Å²) in [5, 5.41) is 13.8. The molecule has 0 aromatic heterocycles. The number of aliphatic hydroxyl groups excluding tert-OH is 1. The van der Waals surface area contributed by atoms with Crippen LogP contribution in [0, 0.1) is 0 Å². The second-order valence-corrected chi connectivity index (χ2v) is 6.88. The van der Waals surface area contributed by atoms with E-state index in [2.05, 4.69) is 10.2 Å². The molecule has 0 saturated carbocycles. The number of ether oxygens (including phenoxy) is 1. The molecule has 5 nitrogen and oxygen atoms in total. The number of hydrogen-bond donors (Lipinski definition) is 2. The molecule has 0 bridgehead atoms. The molecular formula is C19H20Cl2N2O3. The minimum Gasteiger partial charge on any atom is -0.387 e. The molecule has 26 heavy (non-hydrogen) atoms. The van der Waals surface area contributed by atoms with Gasteiger partial charge in [0.2, 0.25) is 0 Å². The summed E-state index contributed by atoms with van der Waals surface area (Å²) in [6.07, 6.45) is -0.802. The van der Waals surface area contributed by atoms with Crippen LogP contribution in [0.5, 0.6) is 0 Å². The third-order valence-corrected chi connectivity index (χ3v) is 4.83. The number of anilines is 1. The number of nitrogens with zero attached hydrogens (tertiary/aromatic N) is 1. The molecule has 0 spiro atoms. The smallest absolute Gasteiger partial charge is 0.252 e. The zero-order valence-electron chi connectivity index (χ0n) is 14.1. The van der Waals surface area contributed by atoms with E-state index in [0.717, 1.165) is 37.6 Å². The average molecular weight is 395 g/mol. The summed E-state index contributed by atoms with van der Waals surface area (Å²) in [6, 6.07) is 12.4. The summed E-state index contributed by atoms with van der Waals surface area (Å²) >= 11 is 11.9. The minimum absolute atomic E-state index is 0.0920. The Morgan fingerprint density at radius 1 is 1.15 bits per heavy atom. The van der Waals surface area contributed by atoms with E-state index in [9.17, 15) is 9.90 Å². The molecule has 2 aromatic rings. The van der Waals surface area contributed by atoms with Gasteiger partial charge in [-0.25, -0.2) is 0 Å². The Kier molecular flexibility index (Phi) is 6.38. The first-order valence-corrected chi connectivity index (χ1v) is 9.14. The number of nitrogens with one attached hydrogen (secondary N) is 1. The van der Waals surface area contributed by atoms with Crippen molar-refractivity contribution in [1.29, 1.82) is 0 Å². The minimum atomic E-state index is -0.802. The van der Waals surface area contributed by atoms with E-state index in [1.807, 2.05) is 24.3 Å². The fourth-order valence-corrected chi connectivity index (χ4v) is 3.30. The Hall–Kier alpha value is -1.79. The van der Waals surface area contributed by atoms with Crippen LogP contribution in [0.25, 0.3) is 0 Å². The van der Waals surface area contributed by atoms with Gasteiger partial charge in [-0.2, -0.15) is 0 Å². The van der Waals surface area contributed by atoms with E-state index >= 15 is 0 Å². The van der Waals surface area contributed by atoms with Crippen molar-refractivity contribution in [1.82, 2.24) is 5.32 Å². The van der Waals surface area contributed by atoms with Gasteiger partial charge in [0.05, 0.1) is 29.9 Å². The van der Waals surface area contributed by atoms with E-state index < -0.39 is 6.10 Å². The van der Waals surface area contributed by atoms with Crippen molar-refractivity contribution in [3.8, 4) is 0 Å². The second-order valence-electron chi connectivity index (χ2n) is 6.04. The lowest BCUT2D eigenvalue weighted by Crippen LogP contribution is -2.36. The highest BCUT2D eigenvalue weighted by molar-refractivity contribution is 6.36. The molecule has 2 aromatic carbocycles. The highest BCUT2D eigenvalue weighted by Crippen LogP contribution is 2.22. The SMILES string of the molecule is O=C(NCC(O)c1ccc(N2CCOCC2)cc1)c1ccc(Cl)cc1Cl. The highest BCUT2D eigenvalue weighted by Gasteiger charge is 2.15. The number of morpholine rings is 1. The van der Waals surface area contributed by atoms with Crippen LogP contribution in [-0.2, 0) is 4.74 Å². The Morgan fingerprint density at radius 2 is 1.85 bits per heavy atom. The van der Waals surface area contributed by atoms with Crippen molar-refractivity contribution in [2.75, 3.05) is 37.7 Å². The van der Waals surface area contributed by atoms with E-state index in [1.54, 1.807) is 12.1 Å². The fourth-order valence-electron chi connectivity index (χ4n) is 2.80. The number of halogens is 2. The molecular weight excluding hydrogens is 375 g/mol. The molecule has 0 radical (unpaired) electrons. The van der Waals surface area contributed by atoms with Crippen LogP contribution >= 0.6 is 23.2 Å². The summed E-state index contributed by atoms with van der Waals surface area (Å²) in [7, 11) is 0. The first-order valence-electron chi connectivity index (χ1n) is 8.38. The molecule has 1 amide bonds. The number of aliphatic hydroxyl groups is 1. The second kappa shape index (κ2) is 8.73. The number of carbonyl (C=O) groups is 1. The van der Waals surface area contributed by atoms with Crippen LogP contribution in [0.1, 0.15) is 22.0 Å². The lowest BCUT2D eigenvalue weighted by atomic mass is 10.1. The predicted molar refractivity (Wildman–Crippen MR) is 103 cm³/mol.